The Balaban J connectivity index is 1.85. The summed E-state index contributed by atoms with van der Waals surface area (Å²) in [7, 11) is 0. The lowest BCUT2D eigenvalue weighted by atomic mass is 10.2. The molecule has 0 fully saturated rings. The Morgan fingerprint density at radius 3 is 2.62 bits per heavy atom. The minimum atomic E-state index is -0.255. The average Bonchev–Trinajstić information content (AvgIpc) is 2.87. The second-order valence-corrected chi connectivity index (χ2v) is 5.10. The standard InChI is InChI=1S/C14H13ClFN5/c1-8-12(15)9(2)21-14(18-8)19-13(20-21)17-7-10-3-5-11(16)6-4-10/h3-6H,7H2,1-2H3,(H,17,20). The SMILES string of the molecule is Cc1nc2nc(NCc3ccc(F)cc3)nn2c(C)c1Cl. The van der Waals surface area contributed by atoms with E-state index >= 15 is 0 Å². The van der Waals surface area contributed by atoms with Crippen LogP contribution in [-0.2, 0) is 6.54 Å². The number of rotatable bonds is 3. The van der Waals surface area contributed by atoms with Crippen molar-refractivity contribution in [3.05, 3.63) is 52.1 Å². The molecule has 0 spiro atoms. The van der Waals surface area contributed by atoms with Crippen LogP contribution in [0.4, 0.5) is 10.3 Å². The Kier molecular flexibility index (Phi) is 3.47. The van der Waals surface area contributed by atoms with Gasteiger partial charge in [0.15, 0.2) is 0 Å². The number of nitrogens with one attached hydrogen (secondary N) is 1. The van der Waals surface area contributed by atoms with Gasteiger partial charge >= 0.3 is 0 Å². The van der Waals surface area contributed by atoms with E-state index in [1.165, 1.54) is 12.1 Å². The maximum atomic E-state index is 12.8. The zero-order chi connectivity index (χ0) is 15.0. The molecule has 0 aliphatic heterocycles. The Labute approximate surface area is 125 Å². The van der Waals surface area contributed by atoms with Crippen molar-refractivity contribution < 1.29 is 4.39 Å². The Morgan fingerprint density at radius 2 is 1.90 bits per heavy atom. The van der Waals surface area contributed by atoms with Crippen molar-refractivity contribution in [1.82, 2.24) is 19.6 Å². The molecule has 7 heteroatoms. The van der Waals surface area contributed by atoms with E-state index in [1.54, 1.807) is 16.6 Å². The van der Waals surface area contributed by atoms with E-state index < -0.39 is 0 Å². The molecule has 0 saturated heterocycles. The van der Waals surface area contributed by atoms with Crippen LogP contribution in [0, 0.1) is 19.7 Å². The zero-order valence-electron chi connectivity index (χ0n) is 11.6. The molecule has 0 unspecified atom stereocenters. The summed E-state index contributed by atoms with van der Waals surface area (Å²) in [6, 6.07) is 6.26. The molecule has 1 N–H and O–H groups in total. The third kappa shape index (κ3) is 2.67. The van der Waals surface area contributed by atoms with Crippen molar-refractivity contribution in [3.8, 4) is 0 Å². The molecule has 2 aromatic heterocycles. The van der Waals surface area contributed by atoms with Gasteiger partial charge in [0.05, 0.1) is 16.4 Å². The monoisotopic (exact) mass is 305 g/mol. The summed E-state index contributed by atoms with van der Waals surface area (Å²) < 4.78 is 14.4. The highest BCUT2D eigenvalue weighted by Crippen LogP contribution is 2.19. The van der Waals surface area contributed by atoms with Gasteiger partial charge in [-0.15, -0.1) is 5.10 Å². The summed E-state index contributed by atoms with van der Waals surface area (Å²) in [4.78, 5) is 8.60. The summed E-state index contributed by atoms with van der Waals surface area (Å²) in [6.07, 6.45) is 0. The summed E-state index contributed by atoms with van der Waals surface area (Å²) >= 11 is 6.15. The summed E-state index contributed by atoms with van der Waals surface area (Å²) in [5.74, 6) is 0.696. The number of nitrogens with zero attached hydrogens (tertiary/aromatic N) is 4. The van der Waals surface area contributed by atoms with Crippen LogP contribution in [0.25, 0.3) is 5.78 Å². The Bertz CT molecular complexity index is 797. The fourth-order valence-electron chi connectivity index (χ4n) is 2.01. The first kappa shape index (κ1) is 13.8. The lowest BCUT2D eigenvalue weighted by Gasteiger charge is -2.02. The molecule has 0 aliphatic rings. The van der Waals surface area contributed by atoms with Crippen LogP contribution >= 0.6 is 11.6 Å². The van der Waals surface area contributed by atoms with E-state index in [-0.39, 0.29) is 5.82 Å². The maximum Gasteiger partial charge on any atom is 0.254 e. The molecule has 0 amide bonds. The summed E-state index contributed by atoms with van der Waals surface area (Å²) in [6.45, 7) is 4.20. The molecule has 21 heavy (non-hydrogen) atoms. The summed E-state index contributed by atoms with van der Waals surface area (Å²) in [5, 5.41) is 7.99. The first-order valence-electron chi connectivity index (χ1n) is 6.42. The van der Waals surface area contributed by atoms with Gasteiger partial charge in [-0.05, 0) is 31.5 Å². The van der Waals surface area contributed by atoms with Gasteiger partial charge in [-0.2, -0.15) is 9.50 Å². The minimum absolute atomic E-state index is 0.255. The Morgan fingerprint density at radius 1 is 1.19 bits per heavy atom. The van der Waals surface area contributed by atoms with Crippen molar-refractivity contribution in [2.75, 3.05) is 5.32 Å². The van der Waals surface area contributed by atoms with Crippen LogP contribution in [0.3, 0.4) is 0 Å². The highest BCUT2D eigenvalue weighted by atomic mass is 35.5. The third-order valence-electron chi connectivity index (χ3n) is 3.17. The normalized spacial score (nSPS) is 11.0. The predicted octanol–water partition coefficient (Wildman–Crippen LogP) is 3.15. The lowest BCUT2D eigenvalue weighted by molar-refractivity contribution is 0.627. The van der Waals surface area contributed by atoms with Crippen LogP contribution < -0.4 is 5.32 Å². The van der Waals surface area contributed by atoms with Crippen molar-refractivity contribution >= 4 is 23.3 Å². The van der Waals surface area contributed by atoms with Crippen LogP contribution in [-0.4, -0.2) is 19.6 Å². The predicted molar refractivity (Wildman–Crippen MR) is 79.0 cm³/mol. The molecule has 2 heterocycles. The number of benzene rings is 1. The van der Waals surface area contributed by atoms with Crippen molar-refractivity contribution in [3.63, 3.8) is 0 Å². The number of hydrogen-bond donors (Lipinski definition) is 1. The van der Waals surface area contributed by atoms with E-state index in [9.17, 15) is 4.39 Å². The molecular weight excluding hydrogens is 293 g/mol. The van der Waals surface area contributed by atoms with Crippen LogP contribution in [0.2, 0.25) is 5.02 Å². The molecule has 0 bridgehead atoms. The molecule has 0 atom stereocenters. The summed E-state index contributed by atoms with van der Waals surface area (Å²) in [5.41, 5.74) is 2.45. The average molecular weight is 306 g/mol. The van der Waals surface area contributed by atoms with Crippen molar-refractivity contribution in [2.24, 2.45) is 0 Å². The first-order chi connectivity index (χ1) is 10.0. The topological polar surface area (TPSA) is 55.1 Å². The first-order valence-corrected chi connectivity index (χ1v) is 6.80. The second-order valence-electron chi connectivity index (χ2n) is 4.72. The molecule has 0 radical (unpaired) electrons. The molecule has 108 valence electrons. The fraction of sp³-hybridized carbons (Fsp3) is 0.214. The van der Waals surface area contributed by atoms with Crippen LogP contribution in [0.15, 0.2) is 24.3 Å². The molecular formula is C14H13ClFN5. The fourth-order valence-corrected chi connectivity index (χ4v) is 2.14. The molecule has 0 saturated carbocycles. The van der Waals surface area contributed by atoms with Gasteiger partial charge in [0.1, 0.15) is 5.82 Å². The smallest absolute Gasteiger partial charge is 0.254 e. The van der Waals surface area contributed by atoms with Gasteiger partial charge in [-0.3, -0.25) is 0 Å². The molecule has 1 aromatic carbocycles. The van der Waals surface area contributed by atoms with E-state index in [2.05, 4.69) is 20.4 Å². The minimum Gasteiger partial charge on any atom is -0.349 e. The number of aromatic nitrogens is 4. The van der Waals surface area contributed by atoms with Crippen LogP contribution in [0.1, 0.15) is 17.0 Å². The van der Waals surface area contributed by atoms with Crippen LogP contribution in [0.5, 0.6) is 0 Å². The van der Waals surface area contributed by atoms with Crippen molar-refractivity contribution in [2.45, 2.75) is 20.4 Å². The highest BCUT2D eigenvalue weighted by Gasteiger charge is 2.11. The van der Waals surface area contributed by atoms with Gasteiger partial charge in [0.2, 0.25) is 5.95 Å². The largest absolute Gasteiger partial charge is 0.349 e. The number of hydrogen-bond acceptors (Lipinski definition) is 4. The molecule has 3 aromatic rings. The van der Waals surface area contributed by atoms with Gasteiger partial charge in [0.25, 0.3) is 5.78 Å². The second kappa shape index (κ2) is 5.29. The lowest BCUT2D eigenvalue weighted by Crippen LogP contribution is -2.02. The van der Waals surface area contributed by atoms with Gasteiger partial charge in [0, 0.05) is 6.54 Å². The van der Waals surface area contributed by atoms with E-state index in [4.69, 9.17) is 11.6 Å². The Hall–Kier alpha value is -2.21. The van der Waals surface area contributed by atoms with Gasteiger partial charge < -0.3 is 5.32 Å². The zero-order valence-corrected chi connectivity index (χ0v) is 12.3. The maximum absolute atomic E-state index is 12.8. The number of fused-ring (bicyclic) bond motifs is 1. The highest BCUT2D eigenvalue weighted by molar-refractivity contribution is 6.31. The molecule has 0 aliphatic carbocycles. The molecule has 5 nitrogen and oxygen atoms in total. The van der Waals surface area contributed by atoms with E-state index in [1.807, 2.05) is 13.8 Å². The molecule has 3 rings (SSSR count). The van der Waals surface area contributed by atoms with E-state index in [0.717, 1.165) is 17.0 Å². The quantitative estimate of drug-likeness (QED) is 0.807. The number of anilines is 1. The van der Waals surface area contributed by atoms with Gasteiger partial charge in [-0.25, -0.2) is 9.37 Å². The van der Waals surface area contributed by atoms with E-state index in [0.29, 0.717) is 23.3 Å². The third-order valence-corrected chi connectivity index (χ3v) is 3.72. The number of aryl methyl sites for hydroxylation is 2. The van der Waals surface area contributed by atoms with Crippen molar-refractivity contribution in [1.29, 1.82) is 0 Å². The number of halogens is 2. The van der Waals surface area contributed by atoms with Gasteiger partial charge in [-0.1, -0.05) is 23.7 Å².